The first kappa shape index (κ1) is 32.2. The maximum atomic E-state index is 14.1. The minimum atomic E-state index is -0.511. The predicted molar refractivity (Wildman–Crippen MR) is 185 cm³/mol. The number of thiophene rings is 2. The van der Waals surface area contributed by atoms with Gasteiger partial charge >= 0.3 is 0 Å². The second kappa shape index (κ2) is 14.0. The van der Waals surface area contributed by atoms with E-state index in [1.165, 1.54) is 29.7 Å². The molecular formula is C36H29N5O6S2. The van der Waals surface area contributed by atoms with Crippen LogP contribution in [0.1, 0.15) is 42.6 Å². The number of fused-ring (bicyclic) bond motifs is 1. The van der Waals surface area contributed by atoms with Crippen molar-refractivity contribution in [1.29, 1.82) is 0 Å². The Hall–Kier alpha value is -5.37. The summed E-state index contributed by atoms with van der Waals surface area (Å²) in [7, 11) is 1.51. The van der Waals surface area contributed by atoms with Crippen molar-refractivity contribution in [3.8, 4) is 43.3 Å². The third-order valence-corrected chi connectivity index (χ3v) is 10.0. The van der Waals surface area contributed by atoms with Gasteiger partial charge < -0.3 is 0 Å². The highest BCUT2D eigenvalue weighted by Gasteiger charge is 2.34. The van der Waals surface area contributed by atoms with E-state index >= 15 is 0 Å². The number of unbranched alkanes of at least 4 members (excludes halogenated alkanes) is 1. The Morgan fingerprint density at radius 1 is 0.816 bits per heavy atom. The summed E-state index contributed by atoms with van der Waals surface area (Å²) in [6, 6.07) is 23.9. The fraction of sp³-hybridized carbons (Fsp3) is 0.194. The van der Waals surface area contributed by atoms with Crippen molar-refractivity contribution in [1.82, 2.24) is 25.3 Å². The minimum absolute atomic E-state index is 0.0251. The SMILES string of the molecule is CN(OCCCCC(=O)N1C(=O)CCC1=O)C(=O)c1nc(-c2cc(-c3ccccc3)cs2)c2nonc2c1-c1cc(-c2ccccc2)cs1. The van der Waals surface area contributed by atoms with Crippen LogP contribution in [-0.2, 0) is 19.2 Å². The smallest absolute Gasteiger partial charge is 0.274 e. The van der Waals surface area contributed by atoms with Crippen molar-refractivity contribution >= 4 is 57.3 Å². The molecule has 1 aliphatic rings. The molecule has 11 nitrogen and oxygen atoms in total. The van der Waals surface area contributed by atoms with Gasteiger partial charge in [0.2, 0.25) is 17.7 Å². The summed E-state index contributed by atoms with van der Waals surface area (Å²) in [4.78, 5) is 63.3. The van der Waals surface area contributed by atoms with Crippen molar-refractivity contribution in [3.63, 3.8) is 0 Å². The van der Waals surface area contributed by atoms with E-state index in [9.17, 15) is 19.2 Å². The van der Waals surface area contributed by atoms with Gasteiger partial charge in [0.1, 0.15) is 16.9 Å². The Kier molecular flexibility index (Phi) is 9.20. The molecule has 4 aromatic heterocycles. The van der Waals surface area contributed by atoms with E-state index in [1.54, 1.807) is 0 Å². The van der Waals surface area contributed by atoms with Gasteiger partial charge in [0, 0.05) is 31.2 Å². The molecule has 7 rings (SSSR count). The van der Waals surface area contributed by atoms with E-state index in [0.717, 1.165) is 42.0 Å². The van der Waals surface area contributed by atoms with Crippen LogP contribution in [0, 0.1) is 0 Å². The van der Waals surface area contributed by atoms with Gasteiger partial charge in [0.25, 0.3) is 5.91 Å². The number of carbonyl (C=O) groups excluding carboxylic acids is 4. The molecular weight excluding hydrogens is 663 g/mol. The van der Waals surface area contributed by atoms with Gasteiger partial charge in [-0.15, -0.1) is 22.7 Å². The zero-order valence-corrected chi connectivity index (χ0v) is 28.0. The van der Waals surface area contributed by atoms with Gasteiger partial charge in [-0.2, -0.15) is 0 Å². The van der Waals surface area contributed by atoms with Gasteiger partial charge in [0.05, 0.1) is 17.0 Å². The largest absolute Gasteiger partial charge is 0.296 e. The highest BCUT2D eigenvalue weighted by Crippen LogP contribution is 2.42. The molecule has 1 saturated heterocycles. The predicted octanol–water partition coefficient (Wildman–Crippen LogP) is 7.26. The number of hydrogen-bond acceptors (Lipinski definition) is 11. The lowest BCUT2D eigenvalue weighted by Gasteiger charge is -2.18. The van der Waals surface area contributed by atoms with Gasteiger partial charge in [-0.3, -0.25) is 24.0 Å². The molecule has 0 atom stereocenters. The van der Waals surface area contributed by atoms with E-state index in [1.807, 2.05) is 83.6 Å². The Labute approximate surface area is 288 Å². The van der Waals surface area contributed by atoms with Gasteiger partial charge in [-0.05, 0) is 68.3 Å². The van der Waals surface area contributed by atoms with E-state index in [-0.39, 0.29) is 31.6 Å². The number of amides is 4. The lowest BCUT2D eigenvalue weighted by atomic mass is 10.0. The van der Waals surface area contributed by atoms with E-state index in [4.69, 9.17) is 14.5 Å². The van der Waals surface area contributed by atoms with E-state index in [2.05, 4.69) is 10.3 Å². The number of nitrogens with zero attached hydrogens (tertiary/aromatic N) is 5. The number of aromatic nitrogens is 3. The summed E-state index contributed by atoms with van der Waals surface area (Å²) >= 11 is 2.94. The van der Waals surface area contributed by atoms with Crippen LogP contribution < -0.4 is 0 Å². The molecule has 13 heteroatoms. The van der Waals surface area contributed by atoms with Crippen LogP contribution in [-0.4, -0.2) is 62.5 Å². The zero-order valence-electron chi connectivity index (χ0n) is 26.3. The number of hydrogen-bond donors (Lipinski definition) is 0. The molecule has 0 radical (unpaired) electrons. The summed E-state index contributed by atoms with van der Waals surface area (Å²) < 4.78 is 5.27. The number of imide groups is 3. The first-order chi connectivity index (χ1) is 23.9. The molecule has 5 heterocycles. The topological polar surface area (TPSA) is 136 Å². The maximum Gasteiger partial charge on any atom is 0.296 e. The number of carbonyl (C=O) groups is 4. The second-order valence-electron chi connectivity index (χ2n) is 11.4. The molecule has 0 N–H and O–H groups in total. The summed E-state index contributed by atoms with van der Waals surface area (Å²) in [5.41, 5.74) is 5.98. The van der Waals surface area contributed by atoms with Crippen LogP contribution in [0.5, 0.6) is 0 Å². The standard InChI is InChI=1S/C36H29N5O6S2/c1-40(46-17-9-8-14-28(42)41-29(43)15-16-30(41)44)36(45)34-31(26-18-24(20-48-26)22-10-4-2-5-11-22)33-35(39-47-38-33)32(37-34)27-19-25(21-49-27)23-12-6-3-7-13-23/h2-7,10-13,18-21H,8-9,14-17H2,1H3. The van der Waals surface area contributed by atoms with Crippen molar-refractivity contribution in [2.75, 3.05) is 13.7 Å². The van der Waals surface area contributed by atoms with Crippen LogP contribution in [0.3, 0.4) is 0 Å². The second-order valence-corrected chi connectivity index (χ2v) is 13.2. The number of pyridine rings is 1. The Bertz CT molecular complexity index is 2160. The molecule has 1 fully saturated rings. The van der Waals surface area contributed by atoms with Crippen LogP contribution in [0.15, 0.2) is 88.2 Å². The highest BCUT2D eigenvalue weighted by molar-refractivity contribution is 7.14. The Morgan fingerprint density at radius 2 is 1.41 bits per heavy atom. The Balaban J connectivity index is 1.18. The highest BCUT2D eigenvalue weighted by atomic mass is 32.1. The van der Waals surface area contributed by atoms with Gasteiger partial charge in [-0.1, -0.05) is 60.7 Å². The maximum absolute atomic E-state index is 14.1. The molecule has 0 saturated carbocycles. The van der Waals surface area contributed by atoms with Crippen molar-refractivity contribution < 1.29 is 28.6 Å². The number of benzene rings is 2. The summed E-state index contributed by atoms with van der Waals surface area (Å²) in [6.07, 6.45) is 0.946. The van der Waals surface area contributed by atoms with Crippen LogP contribution >= 0.6 is 22.7 Å². The molecule has 0 aliphatic carbocycles. The molecule has 0 unspecified atom stereocenters. The molecule has 6 aromatic rings. The minimum Gasteiger partial charge on any atom is -0.274 e. The monoisotopic (exact) mass is 691 g/mol. The van der Waals surface area contributed by atoms with E-state index < -0.39 is 23.6 Å². The summed E-state index contributed by atoms with van der Waals surface area (Å²) in [5.74, 6) is -1.93. The fourth-order valence-electron chi connectivity index (χ4n) is 5.65. The molecule has 4 amide bonds. The third kappa shape index (κ3) is 6.55. The quantitative estimate of drug-likeness (QED) is 0.0781. The first-order valence-corrected chi connectivity index (χ1v) is 17.4. The fourth-order valence-corrected chi connectivity index (χ4v) is 7.52. The average Bonchev–Trinajstić information content (AvgIpc) is 3.95. The third-order valence-electron chi connectivity index (χ3n) is 8.16. The van der Waals surface area contributed by atoms with Crippen molar-refractivity contribution in [2.24, 2.45) is 0 Å². The lowest BCUT2D eigenvalue weighted by Crippen LogP contribution is -2.35. The van der Waals surface area contributed by atoms with Crippen molar-refractivity contribution in [2.45, 2.75) is 32.1 Å². The average molecular weight is 692 g/mol. The van der Waals surface area contributed by atoms with Gasteiger partial charge in [0.15, 0.2) is 5.52 Å². The molecule has 49 heavy (non-hydrogen) atoms. The van der Waals surface area contributed by atoms with Gasteiger partial charge in [-0.25, -0.2) is 19.6 Å². The van der Waals surface area contributed by atoms with E-state index in [0.29, 0.717) is 35.1 Å². The summed E-state index contributed by atoms with van der Waals surface area (Å²) in [6.45, 7) is 0.121. The van der Waals surface area contributed by atoms with Crippen molar-refractivity contribution in [3.05, 3.63) is 89.3 Å². The Morgan fingerprint density at radius 3 is 2.06 bits per heavy atom. The molecule has 1 aliphatic heterocycles. The lowest BCUT2D eigenvalue weighted by molar-refractivity contribution is -0.149. The molecule has 0 bridgehead atoms. The number of likely N-dealkylation sites (tertiary alicyclic amines) is 1. The normalized spacial score (nSPS) is 13.0. The zero-order chi connectivity index (χ0) is 33.9. The van der Waals surface area contributed by atoms with Crippen LogP contribution in [0.2, 0.25) is 0 Å². The summed E-state index contributed by atoms with van der Waals surface area (Å²) in [5, 5.41) is 13.7. The van der Waals surface area contributed by atoms with Crippen LogP contribution in [0.4, 0.5) is 0 Å². The molecule has 2 aromatic carbocycles. The molecule has 0 spiro atoms. The molecule has 246 valence electrons. The first-order valence-electron chi connectivity index (χ1n) is 15.6. The number of rotatable bonds is 11. The van der Waals surface area contributed by atoms with Crippen LogP contribution in [0.25, 0.3) is 54.3 Å². The number of hydroxylamine groups is 2.